The number of nitro benzene ring substituents is 1. The topological polar surface area (TPSA) is 89.3 Å². The van der Waals surface area contributed by atoms with E-state index in [4.69, 9.17) is 0 Å². The van der Waals surface area contributed by atoms with E-state index in [-0.39, 0.29) is 17.6 Å². The zero-order valence-electron chi connectivity index (χ0n) is 12.4. The molecule has 124 valence electrons. The number of anilines is 1. The van der Waals surface area contributed by atoms with Crippen LogP contribution < -0.4 is 5.32 Å². The smallest absolute Gasteiger partial charge is 0.341 e. The number of sulfone groups is 1. The number of benzene rings is 1. The van der Waals surface area contributed by atoms with E-state index in [1.807, 2.05) is 20.8 Å². The molecule has 0 aliphatic rings. The molecule has 22 heavy (non-hydrogen) atoms. The van der Waals surface area contributed by atoms with Crippen LogP contribution >= 0.6 is 0 Å². The Morgan fingerprint density at radius 2 is 1.91 bits per heavy atom. The fourth-order valence-electron chi connectivity index (χ4n) is 1.81. The quantitative estimate of drug-likeness (QED) is 0.608. The van der Waals surface area contributed by atoms with E-state index < -0.39 is 31.1 Å². The summed E-state index contributed by atoms with van der Waals surface area (Å²) in [6, 6.07) is 2.65. The highest BCUT2D eigenvalue weighted by Crippen LogP contribution is 2.31. The fourth-order valence-corrected chi connectivity index (χ4v) is 2.54. The van der Waals surface area contributed by atoms with Crippen molar-refractivity contribution in [2.75, 3.05) is 5.32 Å². The Labute approximate surface area is 127 Å². The summed E-state index contributed by atoms with van der Waals surface area (Å²) in [6.45, 7) is 5.76. The summed E-state index contributed by atoms with van der Waals surface area (Å²) in [4.78, 5) is 9.51. The molecule has 0 aliphatic heterocycles. The molecule has 0 radical (unpaired) electrons. The third-order valence-corrected chi connectivity index (χ3v) is 4.99. The molecule has 0 aromatic heterocycles. The highest BCUT2D eigenvalue weighted by Gasteiger charge is 2.29. The molecule has 0 bridgehead atoms. The average molecular weight is 336 g/mol. The molecule has 1 aromatic carbocycles. The van der Waals surface area contributed by atoms with Gasteiger partial charge in [-0.3, -0.25) is 10.1 Å². The van der Waals surface area contributed by atoms with E-state index in [1.165, 1.54) is 0 Å². The van der Waals surface area contributed by atoms with E-state index in [0.717, 1.165) is 18.6 Å². The van der Waals surface area contributed by atoms with E-state index >= 15 is 0 Å². The Morgan fingerprint density at radius 3 is 2.36 bits per heavy atom. The van der Waals surface area contributed by atoms with E-state index in [1.54, 1.807) is 0 Å². The largest absolute Gasteiger partial charge is 0.377 e. The van der Waals surface area contributed by atoms with Gasteiger partial charge in [0.05, 0.1) is 9.82 Å². The predicted octanol–water partition coefficient (Wildman–Crippen LogP) is 3.44. The number of hydrogen-bond donors (Lipinski definition) is 1. The van der Waals surface area contributed by atoms with Crippen molar-refractivity contribution in [3.8, 4) is 0 Å². The zero-order chi connectivity index (χ0) is 17.1. The lowest BCUT2D eigenvalue weighted by atomic mass is 10.0. The third kappa shape index (κ3) is 3.90. The summed E-state index contributed by atoms with van der Waals surface area (Å²) in [5.41, 5.74) is -0.442. The molecular weight excluding hydrogens is 318 g/mol. The van der Waals surface area contributed by atoms with Crippen molar-refractivity contribution in [3.05, 3.63) is 28.3 Å². The molecule has 1 rings (SSSR count). The summed E-state index contributed by atoms with van der Waals surface area (Å²) in [5, 5.41) is 14.0. The molecule has 0 amide bonds. The molecular formula is C13H18F2N2O4S. The number of rotatable bonds is 7. The normalized spacial score (nSPS) is 14.6. The van der Waals surface area contributed by atoms with Crippen LogP contribution in [-0.4, -0.2) is 25.1 Å². The molecule has 1 N–H and O–H groups in total. The Kier molecular flexibility index (Phi) is 5.81. The number of halogens is 2. The van der Waals surface area contributed by atoms with E-state index in [9.17, 15) is 27.3 Å². The van der Waals surface area contributed by atoms with Crippen molar-refractivity contribution in [2.45, 2.75) is 43.9 Å². The van der Waals surface area contributed by atoms with Crippen molar-refractivity contribution in [2.24, 2.45) is 5.92 Å². The molecule has 0 aliphatic carbocycles. The second-order valence-electron chi connectivity index (χ2n) is 5.06. The van der Waals surface area contributed by atoms with Gasteiger partial charge < -0.3 is 5.32 Å². The Balaban J connectivity index is 3.25. The molecule has 9 heteroatoms. The van der Waals surface area contributed by atoms with Crippen LogP contribution in [0.5, 0.6) is 0 Å². The lowest BCUT2D eigenvalue weighted by molar-refractivity contribution is -0.384. The van der Waals surface area contributed by atoms with Gasteiger partial charge in [-0.15, -0.1) is 0 Å². The molecule has 0 saturated heterocycles. The molecule has 0 fully saturated rings. The van der Waals surface area contributed by atoms with Crippen LogP contribution in [0.4, 0.5) is 20.2 Å². The van der Waals surface area contributed by atoms with Crippen molar-refractivity contribution in [3.63, 3.8) is 0 Å². The second-order valence-corrected chi connectivity index (χ2v) is 6.98. The highest BCUT2D eigenvalue weighted by molar-refractivity contribution is 7.91. The van der Waals surface area contributed by atoms with Gasteiger partial charge in [-0.2, -0.15) is 8.78 Å². The Morgan fingerprint density at radius 1 is 1.32 bits per heavy atom. The maximum Gasteiger partial charge on any atom is 0.341 e. The van der Waals surface area contributed by atoms with Gasteiger partial charge in [0, 0.05) is 12.1 Å². The number of alkyl halides is 2. The fraction of sp³-hybridized carbons (Fsp3) is 0.538. The van der Waals surface area contributed by atoms with Crippen molar-refractivity contribution < 1.29 is 22.1 Å². The van der Waals surface area contributed by atoms with Crippen LogP contribution in [0.25, 0.3) is 0 Å². The summed E-state index contributed by atoms with van der Waals surface area (Å²) in [7, 11) is -4.86. The molecule has 2 unspecified atom stereocenters. The summed E-state index contributed by atoms with van der Waals surface area (Å²) >= 11 is 0. The van der Waals surface area contributed by atoms with Crippen LogP contribution in [0, 0.1) is 16.0 Å². The standard InChI is InChI=1S/C13H18F2N2O4S/c1-4-8(2)9(3)16-11-6-5-10(7-12(11)17(18)19)22(20,21)13(14)15/h5-9,13,16H,4H2,1-3H3. The van der Waals surface area contributed by atoms with Crippen LogP contribution in [0.15, 0.2) is 23.1 Å². The van der Waals surface area contributed by atoms with Gasteiger partial charge in [0.1, 0.15) is 5.69 Å². The van der Waals surface area contributed by atoms with Crippen LogP contribution in [0.2, 0.25) is 0 Å². The van der Waals surface area contributed by atoms with Crippen LogP contribution in [-0.2, 0) is 9.84 Å². The van der Waals surface area contributed by atoms with Crippen LogP contribution in [0.3, 0.4) is 0 Å². The summed E-state index contributed by atoms with van der Waals surface area (Å²) in [6.07, 6.45) is 0.847. The maximum absolute atomic E-state index is 12.5. The maximum atomic E-state index is 12.5. The third-order valence-electron chi connectivity index (χ3n) is 3.61. The SMILES string of the molecule is CCC(C)C(C)Nc1ccc(S(=O)(=O)C(F)F)cc1[N+](=O)[O-]. The Hall–Kier alpha value is -1.77. The minimum absolute atomic E-state index is 0.0961. The van der Waals surface area contributed by atoms with Crippen molar-refractivity contribution in [1.29, 1.82) is 0 Å². The van der Waals surface area contributed by atoms with Crippen molar-refractivity contribution in [1.82, 2.24) is 0 Å². The minimum atomic E-state index is -4.86. The van der Waals surface area contributed by atoms with Crippen LogP contribution in [0.1, 0.15) is 27.2 Å². The lowest BCUT2D eigenvalue weighted by Crippen LogP contribution is -2.23. The highest BCUT2D eigenvalue weighted by atomic mass is 32.2. The number of nitrogens with one attached hydrogen (secondary N) is 1. The second kappa shape index (κ2) is 6.99. The predicted molar refractivity (Wildman–Crippen MR) is 78.8 cm³/mol. The average Bonchev–Trinajstić information content (AvgIpc) is 2.45. The number of nitro groups is 1. The van der Waals surface area contributed by atoms with Gasteiger partial charge in [-0.05, 0) is 25.0 Å². The molecule has 0 spiro atoms. The molecule has 1 aromatic rings. The summed E-state index contributed by atoms with van der Waals surface area (Å²) in [5.74, 6) is -3.39. The first-order valence-corrected chi connectivity index (χ1v) is 8.22. The minimum Gasteiger partial charge on any atom is -0.377 e. The van der Waals surface area contributed by atoms with E-state index in [0.29, 0.717) is 6.07 Å². The molecule has 0 heterocycles. The first-order valence-electron chi connectivity index (χ1n) is 6.68. The number of hydrogen-bond acceptors (Lipinski definition) is 5. The monoisotopic (exact) mass is 336 g/mol. The van der Waals surface area contributed by atoms with Gasteiger partial charge in [0.2, 0.25) is 9.84 Å². The van der Waals surface area contributed by atoms with Crippen molar-refractivity contribution >= 4 is 21.2 Å². The number of nitrogens with zero attached hydrogens (tertiary/aromatic N) is 1. The van der Waals surface area contributed by atoms with Gasteiger partial charge in [0.25, 0.3) is 5.69 Å². The van der Waals surface area contributed by atoms with Gasteiger partial charge in [-0.25, -0.2) is 8.42 Å². The molecule has 2 atom stereocenters. The Bertz CT molecular complexity index is 649. The van der Waals surface area contributed by atoms with Gasteiger partial charge >= 0.3 is 5.76 Å². The van der Waals surface area contributed by atoms with E-state index in [2.05, 4.69) is 5.32 Å². The lowest BCUT2D eigenvalue weighted by Gasteiger charge is -2.21. The van der Waals surface area contributed by atoms with Gasteiger partial charge in [0.15, 0.2) is 0 Å². The van der Waals surface area contributed by atoms with Gasteiger partial charge in [-0.1, -0.05) is 20.3 Å². The summed E-state index contributed by atoms with van der Waals surface area (Å²) < 4.78 is 47.8. The molecule has 0 saturated carbocycles. The zero-order valence-corrected chi connectivity index (χ0v) is 13.2. The first-order chi connectivity index (χ1) is 10.1. The molecule has 6 nitrogen and oxygen atoms in total. The first kappa shape index (κ1) is 18.3.